The van der Waals surface area contributed by atoms with Crippen molar-refractivity contribution in [2.24, 2.45) is 0 Å². The van der Waals surface area contributed by atoms with Gasteiger partial charge in [-0.25, -0.2) is 19.4 Å². The minimum atomic E-state index is -0.207. The van der Waals surface area contributed by atoms with Crippen LogP contribution in [0.1, 0.15) is 16.1 Å². The average molecular weight is 378 g/mol. The summed E-state index contributed by atoms with van der Waals surface area (Å²) in [6, 6.07) is 15.8. The van der Waals surface area contributed by atoms with Crippen molar-refractivity contribution < 1.29 is 4.79 Å². The van der Waals surface area contributed by atoms with Crippen LogP contribution in [0.25, 0.3) is 10.2 Å². The number of urea groups is 1. The van der Waals surface area contributed by atoms with Crippen LogP contribution < -0.4 is 10.6 Å². The highest BCUT2D eigenvalue weighted by atomic mass is 32.1. The molecule has 0 aliphatic carbocycles. The molecule has 2 aromatic heterocycles. The number of para-hydroxylation sites is 1. The van der Waals surface area contributed by atoms with E-state index in [4.69, 9.17) is 0 Å². The zero-order chi connectivity index (χ0) is 18.5. The number of nitrogens with zero attached hydrogens (tertiary/aromatic N) is 4. The summed E-state index contributed by atoms with van der Waals surface area (Å²) in [5.74, 6) is 0. The largest absolute Gasteiger partial charge is 0.334 e. The topological polar surface area (TPSA) is 84.7 Å². The summed E-state index contributed by atoms with van der Waals surface area (Å²) >= 11 is 1.59. The van der Waals surface area contributed by atoms with Crippen molar-refractivity contribution in [2.75, 3.05) is 0 Å². The highest BCUT2D eigenvalue weighted by molar-refractivity contribution is 7.18. The number of carbonyl (C=O) groups excluding carboxylic acids is 1. The number of nitrogens with one attached hydrogen (secondary N) is 2. The van der Waals surface area contributed by atoms with Gasteiger partial charge >= 0.3 is 6.03 Å². The molecule has 2 N–H and O–H groups in total. The number of thiazole rings is 1. The van der Waals surface area contributed by atoms with Gasteiger partial charge in [-0.05, 0) is 23.3 Å². The molecule has 0 aliphatic rings. The Labute approximate surface area is 160 Å². The molecule has 27 heavy (non-hydrogen) atoms. The summed E-state index contributed by atoms with van der Waals surface area (Å²) in [7, 11) is 0. The van der Waals surface area contributed by atoms with Crippen LogP contribution in [0.5, 0.6) is 0 Å². The molecule has 0 radical (unpaired) electrons. The van der Waals surface area contributed by atoms with E-state index in [9.17, 15) is 4.79 Å². The lowest BCUT2D eigenvalue weighted by Gasteiger charge is -2.07. The maximum Gasteiger partial charge on any atom is 0.315 e. The zero-order valence-corrected chi connectivity index (χ0v) is 15.3. The Morgan fingerprint density at radius 3 is 2.56 bits per heavy atom. The van der Waals surface area contributed by atoms with Crippen molar-refractivity contribution >= 4 is 27.6 Å². The zero-order valence-electron chi connectivity index (χ0n) is 14.5. The molecule has 136 valence electrons. The van der Waals surface area contributed by atoms with E-state index in [0.29, 0.717) is 19.6 Å². The summed E-state index contributed by atoms with van der Waals surface area (Å²) < 4.78 is 2.89. The molecule has 7 nitrogen and oxygen atoms in total. The van der Waals surface area contributed by atoms with Crippen molar-refractivity contribution in [3.63, 3.8) is 0 Å². The molecular weight excluding hydrogens is 360 g/mol. The minimum absolute atomic E-state index is 0.207. The molecule has 2 heterocycles. The third-order valence-corrected chi connectivity index (χ3v) is 5.06. The van der Waals surface area contributed by atoms with Gasteiger partial charge in [0.25, 0.3) is 0 Å². The molecule has 0 atom stereocenters. The number of hydrogen-bond acceptors (Lipinski definition) is 5. The fourth-order valence-electron chi connectivity index (χ4n) is 2.66. The monoisotopic (exact) mass is 378 g/mol. The molecule has 0 unspecified atom stereocenters. The number of rotatable bonds is 6. The number of carbonyl (C=O) groups is 1. The number of benzene rings is 2. The maximum atomic E-state index is 12.0. The van der Waals surface area contributed by atoms with Crippen LogP contribution in [-0.2, 0) is 19.6 Å². The molecular formula is C19H18N6OS. The van der Waals surface area contributed by atoms with Crippen molar-refractivity contribution in [3.05, 3.63) is 77.3 Å². The van der Waals surface area contributed by atoms with Gasteiger partial charge in [0.2, 0.25) is 0 Å². The van der Waals surface area contributed by atoms with Gasteiger partial charge in [0, 0.05) is 6.54 Å². The lowest BCUT2D eigenvalue weighted by molar-refractivity contribution is 0.240. The van der Waals surface area contributed by atoms with Crippen LogP contribution in [0, 0.1) is 0 Å². The second kappa shape index (κ2) is 7.96. The van der Waals surface area contributed by atoms with Gasteiger partial charge in [-0.1, -0.05) is 36.4 Å². The first-order valence-corrected chi connectivity index (χ1v) is 9.34. The lowest BCUT2D eigenvalue weighted by atomic mass is 10.1. The van der Waals surface area contributed by atoms with E-state index in [1.54, 1.807) is 22.3 Å². The molecule has 4 rings (SSSR count). The molecule has 0 spiro atoms. The lowest BCUT2D eigenvalue weighted by Crippen LogP contribution is -2.34. The van der Waals surface area contributed by atoms with Gasteiger partial charge in [0.05, 0.1) is 23.3 Å². The standard InChI is InChI=1S/C19H18N6OS/c26-19(22-10-18-24-16-3-1-2-4-17(16)27-18)21-9-14-5-7-15(8-6-14)11-25-13-20-12-23-25/h1-8,12-13H,9-11H2,(H2,21,22,26). The molecule has 0 fully saturated rings. The summed E-state index contributed by atoms with van der Waals surface area (Å²) in [6.07, 6.45) is 3.20. The fraction of sp³-hybridized carbons (Fsp3) is 0.158. The molecule has 2 aromatic carbocycles. The Balaban J connectivity index is 1.25. The average Bonchev–Trinajstić information content (AvgIpc) is 3.35. The van der Waals surface area contributed by atoms with Crippen molar-refractivity contribution in [2.45, 2.75) is 19.6 Å². The van der Waals surface area contributed by atoms with Crippen LogP contribution >= 0.6 is 11.3 Å². The second-order valence-corrected chi connectivity index (χ2v) is 7.14. The Morgan fingerprint density at radius 2 is 1.78 bits per heavy atom. The maximum absolute atomic E-state index is 12.0. The predicted molar refractivity (Wildman–Crippen MR) is 104 cm³/mol. The van der Waals surface area contributed by atoms with Crippen LogP contribution in [0.4, 0.5) is 4.79 Å². The highest BCUT2D eigenvalue weighted by Crippen LogP contribution is 2.21. The van der Waals surface area contributed by atoms with Crippen molar-refractivity contribution in [1.82, 2.24) is 30.4 Å². The van der Waals surface area contributed by atoms with E-state index in [2.05, 4.69) is 25.7 Å². The molecule has 0 saturated carbocycles. The summed E-state index contributed by atoms with van der Waals surface area (Å²) in [6.45, 7) is 1.56. The fourth-order valence-corrected chi connectivity index (χ4v) is 3.57. The van der Waals surface area contributed by atoms with E-state index >= 15 is 0 Å². The summed E-state index contributed by atoms with van der Waals surface area (Å²) in [5.41, 5.74) is 3.13. The first kappa shape index (κ1) is 17.2. The van der Waals surface area contributed by atoms with Crippen LogP contribution in [0.3, 0.4) is 0 Å². The summed E-state index contributed by atoms with van der Waals surface area (Å²) in [5, 5.41) is 10.7. The second-order valence-electron chi connectivity index (χ2n) is 6.02. The van der Waals surface area contributed by atoms with Crippen LogP contribution in [0.2, 0.25) is 0 Å². The normalized spacial score (nSPS) is 10.8. The van der Waals surface area contributed by atoms with E-state index in [0.717, 1.165) is 26.4 Å². The van der Waals surface area contributed by atoms with Crippen molar-refractivity contribution in [1.29, 1.82) is 0 Å². The van der Waals surface area contributed by atoms with Gasteiger partial charge in [-0.2, -0.15) is 5.10 Å². The van der Waals surface area contributed by atoms with Crippen molar-refractivity contribution in [3.8, 4) is 0 Å². The van der Waals surface area contributed by atoms with E-state index in [-0.39, 0.29) is 6.03 Å². The van der Waals surface area contributed by atoms with Crippen LogP contribution in [0.15, 0.2) is 61.2 Å². The number of aromatic nitrogens is 4. The molecule has 2 amide bonds. The highest BCUT2D eigenvalue weighted by Gasteiger charge is 2.06. The van der Waals surface area contributed by atoms with Gasteiger partial charge < -0.3 is 10.6 Å². The van der Waals surface area contributed by atoms with Gasteiger partial charge in [0.1, 0.15) is 17.7 Å². The van der Waals surface area contributed by atoms with Crippen LogP contribution in [-0.4, -0.2) is 25.8 Å². The Hall–Kier alpha value is -3.26. The van der Waals surface area contributed by atoms with Gasteiger partial charge in [0.15, 0.2) is 0 Å². The Kier molecular flexibility index (Phi) is 5.06. The molecule has 0 saturated heterocycles. The van der Waals surface area contributed by atoms with E-state index < -0.39 is 0 Å². The quantitative estimate of drug-likeness (QED) is 0.540. The molecule has 8 heteroatoms. The Bertz CT molecular complexity index is 993. The third kappa shape index (κ3) is 4.48. The molecule has 4 aromatic rings. The van der Waals surface area contributed by atoms with Gasteiger partial charge in [-0.15, -0.1) is 11.3 Å². The number of fused-ring (bicyclic) bond motifs is 1. The third-order valence-electron chi connectivity index (χ3n) is 4.03. The minimum Gasteiger partial charge on any atom is -0.334 e. The Morgan fingerprint density at radius 1 is 1.00 bits per heavy atom. The smallest absolute Gasteiger partial charge is 0.315 e. The molecule has 0 bridgehead atoms. The molecule has 0 aliphatic heterocycles. The van der Waals surface area contributed by atoms with E-state index in [1.807, 2.05) is 48.5 Å². The van der Waals surface area contributed by atoms with Gasteiger partial charge in [-0.3, -0.25) is 0 Å². The predicted octanol–water partition coefficient (Wildman–Crippen LogP) is 2.94. The number of amides is 2. The van der Waals surface area contributed by atoms with E-state index in [1.165, 1.54) is 6.33 Å². The first-order chi connectivity index (χ1) is 13.3. The SMILES string of the molecule is O=C(NCc1ccc(Cn2cncn2)cc1)NCc1nc2ccccc2s1. The summed E-state index contributed by atoms with van der Waals surface area (Å²) in [4.78, 5) is 20.5. The first-order valence-electron chi connectivity index (χ1n) is 8.53. The number of hydrogen-bond donors (Lipinski definition) is 2.